The number of carbonyl (C=O) groups excluding carboxylic acids is 2. The molecule has 1 aromatic carbocycles. The van der Waals surface area contributed by atoms with Gasteiger partial charge < -0.3 is 16.2 Å². The minimum Gasteiger partial charge on any atom is -0.388 e. The Hall–Kier alpha value is -1.88. The fourth-order valence-electron chi connectivity index (χ4n) is 2.11. The van der Waals surface area contributed by atoms with Gasteiger partial charge in [-0.3, -0.25) is 9.59 Å². The van der Waals surface area contributed by atoms with Crippen molar-refractivity contribution in [2.45, 2.75) is 32.8 Å². The third-order valence-electron chi connectivity index (χ3n) is 2.91. The summed E-state index contributed by atoms with van der Waals surface area (Å²) in [5.41, 5.74) is 4.98. The smallest absolute Gasteiger partial charge is 0.251 e. The lowest BCUT2D eigenvalue weighted by molar-refractivity contribution is 0.0368. The molecule has 2 amide bonds. The molecule has 5 heteroatoms. The van der Waals surface area contributed by atoms with Crippen LogP contribution in [-0.4, -0.2) is 29.1 Å². The number of amides is 2. The molecule has 0 aliphatic rings. The zero-order chi connectivity index (χ0) is 15.3. The second kappa shape index (κ2) is 6.52. The van der Waals surface area contributed by atoms with Crippen LogP contribution in [0.3, 0.4) is 0 Å². The molecule has 110 valence electrons. The van der Waals surface area contributed by atoms with E-state index in [1.165, 1.54) is 24.3 Å². The fraction of sp³-hybridized carbons (Fsp3) is 0.467. The van der Waals surface area contributed by atoms with Crippen molar-refractivity contribution in [3.63, 3.8) is 0 Å². The van der Waals surface area contributed by atoms with Crippen LogP contribution in [0.2, 0.25) is 0 Å². The largest absolute Gasteiger partial charge is 0.388 e. The maximum Gasteiger partial charge on any atom is 0.251 e. The Morgan fingerprint density at radius 3 is 2.20 bits per heavy atom. The van der Waals surface area contributed by atoms with E-state index in [1.54, 1.807) is 6.92 Å². The van der Waals surface area contributed by atoms with Gasteiger partial charge in [-0.25, -0.2) is 0 Å². The van der Waals surface area contributed by atoms with Crippen LogP contribution >= 0.6 is 0 Å². The van der Waals surface area contributed by atoms with Crippen LogP contribution in [0.5, 0.6) is 0 Å². The van der Waals surface area contributed by atoms with Gasteiger partial charge in [-0.15, -0.1) is 0 Å². The first-order valence-corrected chi connectivity index (χ1v) is 6.62. The minimum absolute atomic E-state index is 0.182. The second-order valence-corrected chi connectivity index (χ2v) is 5.72. The molecule has 1 rings (SSSR count). The quantitative estimate of drug-likeness (QED) is 0.732. The van der Waals surface area contributed by atoms with Gasteiger partial charge in [0.25, 0.3) is 5.91 Å². The molecule has 0 aliphatic carbocycles. The van der Waals surface area contributed by atoms with Crippen molar-refractivity contribution in [1.29, 1.82) is 0 Å². The first-order chi connectivity index (χ1) is 9.21. The maximum atomic E-state index is 11.9. The second-order valence-electron chi connectivity index (χ2n) is 5.72. The van der Waals surface area contributed by atoms with Crippen molar-refractivity contribution in [2.24, 2.45) is 11.7 Å². The highest BCUT2D eigenvalue weighted by Crippen LogP contribution is 2.15. The number of nitrogens with one attached hydrogen (secondary N) is 1. The van der Waals surface area contributed by atoms with Crippen molar-refractivity contribution >= 4 is 11.8 Å². The molecule has 0 radical (unpaired) electrons. The molecule has 20 heavy (non-hydrogen) atoms. The zero-order valence-corrected chi connectivity index (χ0v) is 12.1. The van der Waals surface area contributed by atoms with Gasteiger partial charge in [0.1, 0.15) is 0 Å². The van der Waals surface area contributed by atoms with Crippen LogP contribution in [0, 0.1) is 5.92 Å². The lowest BCUT2D eigenvalue weighted by Gasteiger charge is -2.25. The Kier molecular flexibility index (Phi) is 5.27. The summed E-state index contributed by atoms with van der Waals surface area (Å²) < 4.78 is 0. The summed E-state index contributed by atoms with van der Waals surface area (Å²) in [4.78, 5) is 22.9. The number of aliphatic hydroxyl groups is 1. The van der Waals surface area contributed by atoms with Gasteiger partial charge in [-0.2, -0.15) is 0 Å². The van der Waals surface area contributed by atoms with Gasteiger partial charge in [0.2, 0.25) is 5.91 Å². The number of hydrogen-bond acceptors (Lipinski definition) is 3. The Labute approximate surface area is 119 Å². The molecular formula is C15H22N2O3. The van der Waals surface area contributed by atoms with Crippen LogP contribution in [0.15, 0.2) is 24.3 Å². The molecule has 1 atom stereocenters. The number of hydrogen-bond donors (Lipinski definition) is 3. The van der Waals surface area contributed by atoms with E-state index in [2.05, 4.69) is 5.32 Å². The Morgan fingerprint density at radius 1 is 1.25 bits per heavy atom. The SMILES string of the molecule is CC(C)CC(C)(O)CNC(=O)c1ccc(C(N)=O)cc1. The van der Waals surface area contributed by atoms with E-state index in [0.29, 0.717) is 23.5 Å². The van der Waals surface area contributed by atoms with Crippen LogP contribution < -0.4 is 11.1 Å². The van der Waals surface area contributed by atoms with Gasteiger partial charge in [0, 0.05) is 17.7 Å². The maximum absolute atomic E-state index is 11.9. The number of primary amides is 1. The average Bonchev–Trinajstić information content (AvgIpc) is 2.34. The first kappa shape index (κ1) is 16.2. The Morgan fingerprint density at radius 2 is 1.75 bits per heavy atom. The molecule has 1 unspecified atom stereocenters. The van der Waals surface area contributed by atoms with Crippen LogP contribution in [0.25, 0.3) is 0 Å². The molecule has 0 heterocycles. The predicted molar refractivity (Wildman–Crippen MR) is 77.4 cm³/mol. The number of carbonyl (C=O) groups is 2. The molecule has 4 N–H and O–H groups in total. The molecule has 1 aromatic rings. The molecule has 0 spiro atoms. The third kappa shape index (κ3) is 5.01. The summed E-state index contributed by atoms with van der Waals surface area (Å²) in [6, 6.07) is 6.08. The van der Waals surface area contributed by atoms with Crippen LogP contribution in [0.1, 0.15) is 47.9 Å². The summed E-state index contributed by atoms with van der Waals surface area (Å²) >= 11 is 0. The molecule has 0 aliphatic heterocycles. The van der Waals surface area contributed by atoms with E-state index in [9.17, 15) is 14.7 Å². The highest BCUT2D eigenvalue weighted by molar-refractivity contribution is 5.97. The predicted octanol–water partition coefficient (Wildman–Crippen LogP) is 1.31. The van der Waals surface area contributed by atoms with Crippen LogP contribution in [-0.2, 0) is 0 Å². The van der Waals surface area contributed by atoms with Gasteiger partial charge in [0.15, 0.2) is 0 Å². The van der Waals surface area contributed by atoms with E-state index >= 15 is 0 Å². The van der Waals surface area contributed by atoms with Crippen LogP contribution in [0.4, 0.5) is 0 Å². The average molecular weight is 278 g/mol. The lowest BCUT2D eigenvalue weighted by Crippen LogP contribution is -2.41. The first-order valence-electron chi connectivity index (χ1n) is 6.62. The highest BCUT2D eigenvalue weighted by Gasteiger charge is 2.22. The van der Waals surface area contributed by atoms with Crippen molar-refractivity contribution in [1.82, 2.24) is 5.32 Å². The van der Waals surface area contributed by atoms with Crippen molar-refractivity contribution < 1.29 is 14.7 Å². The summed E-state index contributed by atoms with van der Waals surface area (Å²) in [5, 5.41) is 12.8. The summed E-state index contributed by atoms with van der Waals surface area (Å²) in [6.45, 7) is 5.91. The molecule has 0 saturated heterocycles. The number of nitrogens with two attached hydrogens (primary N) is 1. The van der Waals surface area contributed by atoms with E-state index in [1.807, 2.05) is 13.8 Å². The van der Waals surface area contributed by atoms with Gasteiger partial charge in [-0.05, 0) is 43.5 Å². The molecule has 0 fully saturated rings. The van der Waals surface area contributed by atoms with E-state index in [4.69, 9.17) is 5.73 Å². The monoisotopic (exact) mass is 278 g/mol. The topological polar surface area (TPSA) is 92.4 Å². The van der Waals surface area contributed by atoms with Crippen molar-refractivity contribution in [3.8, 4) is 0 Å². The molecule has 0 saturated carbocycles. The van der Waals surface area contributed by atoms with E-state index < -0.39 is 11.5 Å². The third-order valence-corrected chi connectivity index (χ3v) is 2.91. The molecule has 5 nitrogen and oxygen atoms in total. The minimum atomic E-state index is -0.934. The molecular weight excluding hydrogens is 256 g/mol. The van der Waals surface area contributed by atoms with Gasteiger partial charge in [-0.1, -0.05) is 13.8 Å². The Bertz CT molecular complexity index is 478. The zero-order valence-electron chi connectivity index (χ0n) is 12.1. The van der Waals surface area contributed by atoms with Gasteiger partial charge >= 0.3 is 0 Å². The lowest BCUT2D eigenvalue weighted by atomic mass is 9.94. The summed E-state index contributed by atoms with van der Waals surface area (Å²) in [5.74, 6) is -0.473. The Balaban J connectivity index is 2.61. The number of rotatable bonds is 6. The van der Waals surface area contributed by atoms with Gasteiger partial charge in [0.05, 0.1) is 5.60 Å². The van der Waals surface area contributed by atoms with Crippen molar-refractivity contribution in [3.05, 3.63) is 35.4 Å². The summed E-state index contributed by atoms with van der Waals surface area (Å²) in [7, 11) is 0. The normalized spacial score (nSPS) is 13.8. The number of benzene rings is 1. The standard InChI is InChI=1S/C15H22N2O3/c1-10(2)8-15(3,20)9-17-14(19)12-6-4-11(5-7-12)13(16)18/h4-7,10,20H,8-9H2,1-3H3,(H2,16,18)(H,17,19). The van der Waals surface area contributed by atoms with E-state index in [-0.39, 0.29) is 12.5 Å². The summed E-state index contributed by atoms with van der Waals surface area (Å²) in [6.07, 6.45) is 0.605. The molecule has 0 aromatic heterocycles. The van der Waals surface area contributed by atoms with Crippen molar-refractivity contribution in [2.75, 3.05) is 6.54 Å². The highest BCUT2D eigenvalue weighted by atomic mass is 16.3. The fourth-order valence-corrected chi connectivity index (χ4v) is 2.11. The molecule has 0 bridgehead atoms. The van der Waals surface area contributed by atoms with E-state index in [0.717, 1.165) is 0 Å².